The zero-order chi connectivity index (χ0) is 9.42. The van der Waals surface area contributed by atoms with Crippen molar-refractivity contribution in [1.29, 1.82) is 0 Å². The molecule has 1 heterocycles. The molecule has 4 heteroatoms. The van der Waals surface area contributed by atoms with Gasteiger partial charge in [-0.1, -0.05) is 23.2 Å². The molecule has 2 N–H and O–H groups in total. The van der Waals surface area contributed by atoms with Crippen molar-refractivity contribution < 1.29 is 0 Å². The van der Waals surface area contributed by atoms with Crippen LogP contribution in [0, 0.1) is 0 Å². The van der Waals surface area contributed by atoms with Gasteiger partial charge in [0.1, 0.15) is 5.82 Å². The first-order valence-electron chi connectivity index (χ1n) is 3.68. The van der Waals surface area contributed by atoms with Crippen LogP contribution in [0.25, 0.3) is 10.8 Å². The summed E-state index contributed by atoms with van der Waals surface area (Å²) in [6, 6.07) is 5.32. The maximum Gasteiger partial charge on any atom is 0.131 e. The van der Waals surface area contributed by atoms with E-state index in [9.17, 15) is 0 Å². The number of hydrogen-bond donors (Lipinski definition) is 1. The predicted molar refractivity (Wildman–Crippen MR) is 56.2 cm³/mol. The highest BCUT2D eigenvalue weighted by atomic mass is 35.5. The number of anilines is 1. The molecule has 66 valence electrons. The van der Waals surface area contributed by atoms with E-state index in [0.29, 0.717) is 15.9 Å². The average Bonchev–Trinajstić information content (AvgIpc) is 2.12. The molecule has 0 saturated heterocycles. The van der Waals surface area contributed by atoms with Crippen LogP contribution in [0.2, 0.25) is 10.0 Å². The second-order valence-electron chi connectivity index (χ2n) is 2.65. The lowest BCUT2D eigenvalue weighted by molar-refractivity contribution is 1.37. The van der Waals surface area contributed by atoms with Gasteiger partial charge < -0.3 is 5.73 Å². The van der Waals surface area contributed by atoms with Gasteiger partial charge in [-0.25, -0.2) is 4.98 Å². The molecular weight excluding hydrogens is 207 g/mol. The van der Waals surface area contributed by atoms with E-state index in [1.54, 1.807) is 18.3 Å². The third-order valence-corrected chi connectivity index (χ3v) is 2.68. The average molecular weight is 213 g/mol. The third kappa shape index (κ3) is 1.32. The number of nitrogens with zero attached hydrogens (tertiary/aromatic N) is 1. The molecule has 13 heavy (non-hydrogen) atoms. The van der Waals surface area contributed by atoms with Gasteiger partial charge in [0.15, 0.2) is 0 Å². The van der Waals surface area contributed by atoms with Crippen LogP contribution < -0.4 is 5.73 Å². The lowest BCUT2D eigenvalue weighted by Crippen LogP contribution is -1.90. The Morgan fingerprint density at radius 1 is 1.08 bits per heavy atom. The zero-order valence-electron chi connectivity index (χ0n) is 6.59. The van der Waals surface area contributed by atoms with Crippen molar-refractivity contribution in [2.24, 2.45) is 0 Å². The molecule has 0 fully saturated rings. The number of pyridine rings is 1. The molecule has 0 radical (unpaired) electrons. The van der Waals surface area contributed by atoms with Gasteiger partial charge in [0.2, 0.25) is 0 Å². The first-order valence-corrected chi connectivity index (χ1v) is 4.44. The van der Waals surface area contributed by atoms with Gasteiger partial charge in [0.25, 0.3) is 0 Å². The summed E-state index contributed by atoms with van der Waals surface area (Å²) in [6.07, 6.45) is 1.61. The Morgan fingerprint density at radius 2 is 1.85 bits per heavy atom. The molecule has 0 unspecified atom stereocenters. The van der Waals surface area contributed by atoms with Gasteiger partial charge in [0, 0.05) is 17.0 Å². The summed E-state index contributed by atoms with van der Waals surface area (Å²) in [4.78, 5) is 3.95. The van der Waals surface area contributed by atoms with Gasteiger partial charge in [-0.05, 0) is 18.2 Å². The van der Waals surface area contributed by atoms with Crippen LogP contribution in [-0.4, -0.2) is 4.98 Å². The minimum atomic E-state index is 0.469. The molecule has 2 rings (SSSR count). The molecule has 2 aromatic rings. The summed E-state index contributed by atoms with van der Waals surface area (Å²) in [5.74, 6) is 0.469. The normalized spacial score (nSPS) is 10.6. The fraction of sp³-hybridized carbons (Fsp3) is 0. The number of halogens is 2. The summed E-state index contributed by atoms with van der Waals surface area (Å²) >= 11 is 11.8. The molecule has 1 aromatic carbocycles. The maximum absolute atomic E-state index is 5.98. The van der Waals surface area contributed by atoms with Crippen LogP contribution in [0.3, 0.4) is 0 Å². The lowest BCUT2D eigenvalue weighted by atomic mass is 10.1. The van der Waals surface area contributed by atoms with Gasteiger partial charge in [-0.2, -0.15) is 0 Å². The fourth-order valence-corrected chi connectivity index (χ4v) is 1.61. The van der Waals surface area contributed by atoms with Crippen LogP contribution in [-0.2, 0) is 0 Å². The van der Waals surface area contributed by atoms with Crippen molar-refractivity contribution in [2.45, 2.75) is 0 Å². The van der Waals surface area contributed by atoms with Crippen LogP contribution in [0.5, 0.6) is 0 Å². The van der Waals surface area contributed by atoms with Crippen LogP contribution in [0.1, 0.15) is 0 Å². The quantitative estimate of drug-likeness (QED) is 0.730. The number of fused-ring (bicyclic) bond motifs is 1. The van der Waals surface area contributed by atoms with E-state index in [-0.39, 0.29) is 0 Å². The van der Waals surface area contributed by atoms with Crippen LogP contribution in [0.15, 0.2) is 24.4 Å². The van der Waals surface area contributed by atoms with Gasteiger partial charge in [-0.3, -0.25) is 0 Å². The van der Waals surface area contributed by atoms with Crippen LogP contribution in [0.4, 0.5) is 5.82 Å². The summed E-state index contributed by atoms with van der Waals surface area (Å²) in [5.41, 5.74) is 5.66. The summed E-state index contributed by atoms with van der Waals surface area (Å²) in [6.45, 7) is 0. The second-order valence-corrected chi connectivity index (χ2v) is 3.44. The van der Waals surface area contributed by atoms with Crippen molar-refractivity contribution in [3.8, 4) is 0 Å². The highest BCUT2D eigenvalue weighted by Crippen LogP contribution is 2.31. The molecule has 0 bridgehead atoms. The van der Waals surface area contributed by atoms with Crippen molar-refractivity contribution in [3.63, 3.8) is 0 Å². The van der Waals surface area contributed by atoms with E-state index in [4.69, 9.17) is 28.9 Å². The molecule has 0 aliphatic rings. The molecule has 0 saturated carbocycles. The Hall–Kier alpha value is -0.990. The Bertz CT molecular complexity index is 468. The Labute approximate surface area is 85.3 Å². The molecule has 0 aliphatic heterocycles. The predicted octanol–water partition coefficient (Wildman–Crippen LogP) is 3.12. The smallest absolute Gasteiger partial charge is 0.131 e. The molecule has 0 amide bonds. The Balaban J connectivity index is 2.94. The minimum Gasteiger partial charge on any atom is -0.383 e. The summed E-state index contributed by atoms with van der Waals surface area (Å²) < 4.78 is 0. The van der Waals surface area contributed by atoms with E-state index in [1.165, 1.54) is 0 Å². The van der Waals surface area contributed by atoms with Gasteiger partial charge in [-0.15, -0.1) is 0 Å². The molecule has 0 aliphatic carbocycles. The van der Waals surface area contributed by atoms with E-state index < -0.39 is 0 Å². The number of aromatic nitrogens is 1. The third-order valence-electron chi connectivity index (χ3n) is 1.86. The molecular formula is C9H6Cl2N2. The van der Waals surface area contributed by atoms with E-state index in [2.05, 4.69) is 4.98 Å². The highest BCUT2D eigenvalue weighted by molar-refractivity contribution is 6.45. The van der Waals surface area contributed by atoms with Crippen molar-refractivity contribution in [1.82, 2.24) is 4.98 Å². The minimum absolute atomic E-state index is 0.469. The Kier molecular flexibility index (Phi) is 2.02. The second kappa shape index (κ2) is 3.05. The standard InChI is InChI=1S/C9H6Cl2N2/c10-7-2-1-6-5(8(7)11)3-4-13-9(6)12/h1-4H,(H2,12,13). The molecule has 0 atom stereocenters. The number of nitrogens with two attached hydrogens (primary N) is 1. The fourth-order valence-electron chi connectivity index (χ4n) is 1.21. The number of rotatable bonds is 0. The van der Waals surface area contributed by atoms with E-state index in [1.807, 2.05) is 6.07 Å². The lowest BCUT2D eigenvalue weighted by Gasteiger charge is -2.03. The largest absolute Gasteiger partial charge is 0.383 e. The van der Waals surface area contributed by atoms with Crippen molar-refractivity contribution >= 4 is 39.8 Å². The summed E-state index contributed by atoms with van der Waals surface area (Å²) in [7, 11) is 0. The molecule has 0 spiro atoms. The molecule has 1 aromatic heterocycles. The maximum atomic E-state index is 5.98. The SMILES string of the molecule is Nc1nccc2c(Cl)c(Cl)ccc12. The van der Waals surface area contributed by atoms with E-state index >= 15 is 0 Å². The number of hydrogen-bond acceptors (Lipinski definition) is 2. The Morgan fingerprint density at radius 3 is 2.62 bits per heavy atom. The zero-order valence-corrected chi connectivity index (χ0v) is 8.10. The van der Waals surface area contributed by atoms with Crippen LogP contribution >= 0.6 is 23.2 Å². The topological polar surface area (TPSA) is 38.9 Å². The van der Waals surface area contributed by atoms with Gasteiger partial charge >= 0.3 is 0 Å². The highest BCUT2D eigenvalue weighted by Gasteiger charge is 2.05. The monoisotopic (exact) mass is 212 g/mol. The first kappa shape index (κ1) is 8.60. The van der Waals surface area contributed by atoms with E-state index in [0.717, 1.165) is 10.8 Å². The number of benzene rings is 1. The van der Waals surface area contributed by atoms with Crippen molar-refractivity contribution in [3.05, 3.63) is 34.4 Å². The first-order chi connectivity index (χ1) is 6.20. The van der Waals surface area contributed by atoms with Gasteiger partial charge in [0.05, 0.1) is 10.0 Å². The van der Waals surface area contributed by atoms with Crippen molar-refractivity contribution in [2.75, 3.05) is 5.73 Å². The molecule has 2 nitrogen and oxygen atoms in total. The number of nitrogen functional groups attached to an aromatic ring is 1. The summed E-state index contributed by atoms with van der Waals surface area (Å²) in [5, 5.41) is 2.71.